The molecule has 0 aliphatic carbocycles. The van der Waals surface area contributed by atoms with E-state index in [0.29, 0.717) is 12.4 Å². The number of carbonyl (C=O) groups excluding carboxylic acids is 1. The molecule has 2 aromatic carbocycles. The van der Waals surface area contributed by atoms with E-state index in [4.69, 9.17) is 14.2 Å². The average Bonchev–Trinajstić information content (AvgIpc) is 2.77. The SMILES string of the molecule is COC1(SC)OC(=O)CNN1c1ccccc1COc1cccc2ccc(C)nc12. The molecule has 1 fully saturated rings. The number of carbonyl (C=O) groups is 1. The summed E-state index contributed by atoms with van der Waals surface area (Å²) >= 11 is 1.27. The molecule has 0 bridgehead atoms. The van der Waals surface area contributed by atoms with Gasteiger partial charge in [-0.3, -0.25) is 4.79 Å². The van der Waals surface area contributed by atoms with Gasteiger partial charge in [-0.25, -0.2) is 15.4 Å². The smallest absolute Gasteiger partial charge is 0.364 e. The van der Waals surface area contributed by atoms with Crippen molar-refractivity contribution in [2.75, 3.05) is 24.9 Å². The fourth-order valence-corrected chi connectivity index (χ4v) is 4.08. The molecular formula is C22H23N3O4S. The lowest BCUT2D eigenvalue weighted by molar-refractivity contribution is -0.194. The standard InChI is InChI=1S/C22H23N3O4S/c1-15-11-12-16-8-6-10-19(21(16)24-15)28-14-17-7-4-5-9-18(17)25-22(27-2,30-3)29-20(26)13-23-25/h4-12,23H,13-14H2,1-3H3. The van der Waals surface area contributed by atoms with Crippen LogP contribution in [0.3, 0.4) is 0 Å². The third kappa shape index (κ3) is 3.81. The fourth-order valence-electron chi connectivity index (χ4n) is 3.39. The van der Waals surface area contributed by atoms with Gasteiger partial charge in [0, 0.05) is 23.8 Å². The lowest BCUT2D eigenvalue weighted by atomic mass is 10.1. The largest absolute Gasteiger partial charge is 0.487 e. The highest BCUT2D eigenvalue weighted by atomic mass is 32.2. The number of hydrogen-bond donors (Lipinski definition) is 1. The number of cyclic esters (lactones) is 1. The quantitative estimate of drug-likeness (QED) is 0.474. The van der Waals surface area contributed by atoms with Crippen molar-refractivity contribution in [2.45, 2.75) is 18.8 Å². The van der Waals surface area contributed by atoms with Crippen LogP contribution in [0.15, 0.2) is 54.6 Å². The molecular weight excluding hydrogens is 402 g/mol. The molecule has 1 saturated heterocycles. The number of aromatic nitrogens is 1. The predicted octanol–water partition coefficient (Wildman–Crippen LogP) is 3.61. The summed E-state index contributed by atoms with van der Waals surface area (Å²) in [5.74, 6) is 0.334. The van der Waals surface area contributed by atoms with Gasteiger partial charge in [-0.15, -0.1) is 0 Å². The zero-order valence-corrected chi connectivity index (χ0v) is 17.9. The van der Waals surface area contributed by atoms with E-state index >= 15 is 0 Å². The molecule has 0 saturated carbocycles. The summed E-state index contributed by atoms with van der Waals surface area (Å²) in [5.41, 5.74) is 6.56. The van der Waals surface area contributed by atoms with Gasteiger partial charge in [-0.05, 0) is 31.4 Å². The monoisotopic (exact) mass is 425 g/mol. The molecule has 1 aliphatic heterocycles. The van der Waals surface area contributed by atoms with Crippen molar-refractivity contribution in [3.63, 3.8) is 0 Å². The number of hydrogen-bond acceptors (Lipinski definition) is 8. The first-order valence-corrected chi connectivity index (χ1v) is 10.7. The Bertz CT molecular complexity index is 1070. The number of nitrogens with zero attached hydrogens (tertiary/aromatic N) is 2. The van der Waals surface area contributed by atoms with E-state index in [0.717, 1.165) is 27.8 Å². The fraction of sp³-hybridized carbons (Fsp3) is 0.273. The van der Waals surface area contributed by atoms with E-state index in [1.54, 1.807) is 5.01 Å². The molecule has 156 valence electrons. The Morgan fingerprint density at radius 1 is 1.20 bits per heavy atom. The number of nitrogens with one attached hydrogen (secondary N) is 1. The van der Waals surface area contributed by atoms with Crippen molar-refractivity contribution in [1.29, 1.82) is 0 Å². The number of thioether (sulfide) groups is 1. The normalized spacial score (nSPS) is 19.0. The van der Waals surface area contributed by atoms with Gasteiger partial charge in [0.05, 0.1) is 5.69 Å². The van der Waals surface area contributed by atoms with Crippen molar-refractivity contribution in [1.82, 2.24) is 10.4 Å². The molecule has 0 amide bonds. The number of anilines is 1. The van der Waals surface area contributed by atoms with Crippen LogP contribution in [-0.4, -0.2) is 36.1 Å². The summed E-state index contributed by atoms with van der Waals surface area (Å²) in [4.78, 5) is 16.5. The minimum Gasteiger partial charge on any atom is -0.487 e. The summed E-state index contributed by atoms with van der Waals surface area (Å²) in [6, 6.07) is 17.7. The van der Waals surface area contributed by atoms with Crippen LogP contribution in [0, 0.1) is 6.92 Å². The van der Waals surface area contributed by atoms with Crippen LogP contribution in [0.5, 0.6) is 5.75 Å². The molecule has 1 N–H and O–H groups in total. The van der Waals surface area contributed by atoms with Gasteiger partial charge in [0.2, 0.25) is 0 Å². The van der Waals surface area contributed by atoms with E-state index in [2.05, 4.69) is 10.4 Å². The maximum atomic E-state index is 11.9. The first kappa shape index (κ1) is 20.5. The van der Waals surface area contributed by atoms with E-state index < -0.39 is 5.24 Å². The Balaban J connectivity index is 1.65. The van der Waals surface area contributed by atoms with Crippen LogP contribution in [0.1, 0.15) is 11.3 Å². The number of fused-ring (bicyclic) bond motifs is 1. The molecule has 0 radical (unpaired) electrons. The zero-order chi connectivity index (χ0) is 21.1. The third-order valence-electron chi connectivity index (χ3n) is 4.85. The van der Waals surface area contributed by atoms with Gasteiger partial charge in [0.15, 0.2) is 0 Å². The zero-order valence-electron chi connectivity index (χ0n) is 17.0. The number of methoxy groups -OCH3 is 1. The number of para-hydroxylation sites is 2. The molecule has 4 rings (SSSR count). The summed E-state index contributed by atoms with van der Waals surface area (Å²) in [6.07, 6.45) is 1.82. The Morgan fingerprint density at radius 2 is 2.03 bits per heavy atom. The highest BCUT2D eigenvalue weighted by molar-refractivity contribution is 7.99. The maximum absolute atomic E-state index is 11.9. The van der Waals surface area contributed by atoms with Gasteiger partial charge in [-0.2, -0.15) is 0 Å². The number of hydrazine groups is 1. The second-order valence-corrected chi connectivity index (χ2v) is 7.70. The van der Waals surface area contributed by atoms with Crippen LogP contribution in [0.2, 0.25) is 0 Å². The van der Waals surface area contributed by atoms with Crippen molar-refractivity contribution >= 4 is 34.3 Å². The molecule has 2 heterocycles. The molecule has 1 aromatic heterocycles. The van der Waals surface area contributed by atoms with Gasteiger partial charge < -0.3 is 14.2 Å². The molecule has 0 spiro atoms. The molecule has 1 atom stereocenters. The molecule has 8 heteroatoms. The van der Waals surface area contributed by atoms with E-state index in [1.807, 2.05) is 67.8 Å². The Labute approximate surface area is 179 Å². The highest BCUT2D eigenvalue weighted by Crippen LogP contribution is 2.37. The highest BCUT2D eigenvalue weighted by Gasteiger charge is 2.45. The Morgan fingerprint density at radius 3 is 2.83 bits per heavy atom. The van der Waals surface area contributed by atoms with E-state index in [1.165, 1.54) is 18.9 Å². The van der Waals surface area contributed by atoms with Gasteiger partial charge >= 0.3 is 11.2 Å². The Hall–Kier alpha value is -2.81. The Kier molecular flexibility index (Phi) is 5.80. The first-order chi connectivity index (χ1) is 14.6. The average molecular weight is 426 g/mol. The number of rotatable bonds is 6. The third-order valence-corrected chi connectivity index (χ3v) is 5.80. The van der Waals surface area contributed by atoms with Crippen molar-refractivity contribution in [3.8, 4) is 5.75 Å². The van der Waals surface area contributed by atoms with Crippen molar-refractivity contribution < 1.29 is 19.0 Å². The van der Waals surface area contributed by atoms with Crippen LogP contribution in [0.4, 0.5) is 5.69 Å². The number of aryl methyl sites for hydroxylation is 1. The summed E-state index contributed by atoms with van der Waals surface area (Å²) in [5, 5.41) is 1.45. The summed E-state index contributed by atoms with van der Waals surface area (Å²) in [7, 11) is 1.51. The molecule has 7 nitrogen and oxygen atoms in total. The van der Waals surface area contributed by atoms with Crippen LogP contribution in [0.25, 0.3) is 10.9 Å². The topological polar surface area (TPSA) is 72.9 Å². The minimum atomic E-state index is -1.30. The van der Waals surface area contributed by atoms with Crippen molar-refractivity contribution in [3.05, 3.63) is 65.9 Å². The number of esters is 1. The number of pyridine rings is 1. The lowest BCUT2D eigenvalue weighted by Crippen LogP contribution is -2.63. The van der Waals surface area contributed by atoms with Gasteiger partial charge in [0.1, 0.15) is 24.4 Å². The van der Waals surface area contributed by atoms with Gasteiger partial charge in [0.25, 0.3) is 0 Å². The number of benzene rings is 2. The van der Waals surface area contributed by atoms with Crippen LogP contribution < -0.4 is 15.2 Å². The van der Waals surface area contributed by atoms with Crippen molar-refractivity contribution in [2.24, 2.45) is 0 Å². The molecule has 3 aromatic rings. The van der Waals surface area contributed by atoms with Gasteiger partial charge in [-0.1, -0.05) is 48.2 Å². The van der Waals surface area contributed by atoms with Crippen LogP contribution >= 0.6 is 11.8 Å². The predicted molar refractivity (Wildman–Crippen MR) is 117 cm³/mol. The van der Waals surface area contributed by atoms with Crippen LogP contribution in [-0.2, 0) is 20.9 Å². The summed E-state index contributed by atoms with van der Waals surface area (Å²) in [6.45, 7) is 2.32. The second kappa shape index (κ2) is 8.51. The first-order valence-electron chi connectivity index (χ1n) is 9.49. The molecule has 30 heavy (non-hydrogen) atoms. The molecule has 1 unspecified atom stereocenters. The van der Waals surface area contributed by atoms with E-state index in [9.17, 15) is 4.79 Å². The lowest BCUT2D eigenvalue weighted by Gasteiger charge is -2.44. The minimum absolute atomic E-state index is 0.0490. The summed E-state index contributed by atoms with van der Waals surface area (Å²) < 4.78 is 17.3. The van der Waals surface area contributed by atoms with E-state index in [-0.39, 0.29) is 12.5 Å². The molecule has 1 aliphatic rings. The number of ether oxygens (including phenoxy) is 3. The maximum Gasteiger partial charge on any atom is 0.364 e. The second-order valence-electron chi connectivity index (χ2n) is 6.77.